The number of amides is 2. The Morgan fingerprint density at radius 2 is 2.03 bits per heavy atom. The molecule has 0 saturated carbocycles. The summed E-state index contributed by atoms with van der Waals surface area (Å²) in [5.41, 5.74) is 1.65. The van der Waals surface area contributed by atoms with Crippen LogP contribution >= 0.6 is 62.5 Å². The first-order valence-corrected chi connectivity index (χ1v) is 11.5. The van der Waals surface area contributed by atoms with Gasteiger partial charge < -0.3 is 10.1 Å². The van der Waals surface area contributed by atoms with Gasteiger partial charge in [-0.3, -0.25) is 14.5 Å². The molecule has 1 saturated heterocycles. The number of hydrogen-bond donors (Lipinski definition) is 1. The van der Waals surface area contributed by atoms with E-state index < -0.39 is 22.4 Å². The molecular weight excluding hydrogens is 527 g/mol. The van der Waals surface area contributed by atoms with Gasteiger partial charge in [-0.15, -0.1) is 11.8 Å². The van der Waals surface area contributed by atoms with Crippen LogP contribution in [0.25, 0.3) is 0 Å². The average molecular weight is 543 g/mol. The minimum absolute atomic E-state index is 0.135. The third-order valence-electron chi connectivity index (χ3n) is 4.34. The second-order valence-electron chi connectivity index (χ2n) is 6.54. The molecule has 0 radical (unpaired) electrons. The summed E-state index contributed by atoms with van der Waals surface area (Å²) in [6.45, 7) is 1.31. The zero-order valence-corrected chi connectivity index (χ0v) is 19.8. The lowest BCUT2D eigenvalue weighted by Crippen LogP contribution is -2.70. The molecule has 6 nitrogen and oxygen atoms in total. The maximum absolute atomic E-state index is 12.7. The molecule has 11 heteroatoms. The first-order chi connectivity index (χ1) is 13.6. The maximum Gasteiger partial charge on any atom is 0.355 e. The highest BCUT2D eigenvalue weighted by molar-refractivity contribution is 9.10. The van der Waals surface area contributed by atoms with Crippen LogP contribution in [0.4, 0.5) is 0 Å². The lowest BCUT2D eigenvalue weighted by molar-refractivity contribution is -0.152. The van der Waals surface area contributed by atoms with E-state index in [-0.39, 0.29) is 29.3 Å². The number of rotatable bonds is 5. The van der Waals surface area contributed by atoms with Crippen molar-refractivity contribution in [2.45, 2.75) is 28.6 Å². The summed E-state index contributed by atoms with van der Waals surface area (Å²) in [6.07, 6.45) is 0.135. The predicted molar refractivity (Wildman–Crippen MR) is 117 cm³/mol. The summed E-state index contributed by atoms with van der Waals surface area (Å²) in [6, 6.07) is 6.66. The maximum atomic E-state index is 12.7. The van der Waals surface area contributed by atoms with Gasteiger partial charge in [-0.2, -0.15) is 0 Å². The number of carbonyl (C=O) groups excluding carboxylic acids is 3. The van der Waals surface area contributed by atoms with Gasteiger partial charge in [-0.05, 0) is 24.1 Å². The van der Waals surface area contributed by atoms with Gasteiger partial charge >= 0.3 is 5.97 Å². The van der Waals surface area contributed by atoms with Crippen molar-refractivity contribution in [2.75, 3.05) is 12.4 Å². The van der Waals surface area contributed by atoms with Crippen molar-refractivity contribution < 1.29 is 19.1 Å². The largest absolute Gasteiger partial charge is 0.456 e. The van der Waals surface area contributed by atoms with E-state index in [1.54, 1.807) is 6.92 Å². The Kier molecular flexibility index (Phi) is 7.10. The fourth-order valence-corrected chi connectivity index (χ4v) is 4.90. The zero-order chi connectivity index (χ0) is 21.3. The van der Waals surface area contributed by atoms with Crippen LogP contribution in [0.3, 0.4) is 0 Å². The van der Waals surface area contributed by atoms with Crippen LogP contribution < -0.4 is 5.32 Å². The van der Waals surface area contributed by atoms with Gasteiger partial charge in [0.05, 0.1) is 6.42 Å². The molecule has 0 aromatic heterocycles. The molecule has 0 bridgehead atoms. The summed E-state index contributed by atoms with van der Waals surface area (Å²) in [4.78, 5) is 38.9. The molecule has 2 aliphatic heterocycles. The summed E-state index contributed by atoms with van der Waals surface area (Å²) in [5, 5.41) is 2.38. The van der Waals surface area contributed by atoms with E-state index in [0.29, 0.717) is 11.3 Å². The molecule has 1 aromatic rings. The molecule has 29 heavy (non-hydrogen) atoms. The van der Waals surface area contributed by atoms with Crippen molar-refractivity contribution >= 4 is 80.3 Å². The van der Waals surface area contributed by atoms with Crippen molar-refractivity contribution in [1.29, 1.82) is 0 Å². The number of ether oxygens (including phenoxy) is 1. The first kappa shape index (κ1) is 22.7. The number of β-lactam (4-membered cyclic amide) rings is 1. The molecule has 0 aliphatic carbocycles. The number of benzene rings is 1. The molecule has 2 atom stereocenters. The molecular formula is C18H16BrCl3N2O4S. The third-order valence-corrected chi connectivity index (χ3v) is 6.87. The lowest BCUT2D eigenvalue weighted by Gasteiger charge is -2.49. The molecule has 156 valence electrons. The Balaban J connectivity index is 1.65. The second kappa shape index (κ2) is 9.06. The molecule has 2 heterocycles. The molecule has 0 spiro atoms. The highest BCUT2D eigenvalue weighted by atomic mass is 79.9. The van der Waals surface area contributed by atoms with Gasteiger partial charge in [0, 0.05) is 10.2 Å². The minimum atomic E-state index is -1.74. The summed E-state index contributed by atoms with van der Waals surface area (Å²) in [5.74, 6) is -0.862. The van der Waals surface area contributed by atoms with E-state index in [1.807, 2.05) is 24.3 Å². The predicted octanol–water partition coefficient (Wildman–Crippen LogP) is 3.58. The van der Waals surface area contributed by atoms with E-state index in [2.05, 4.69) is 21.2 Å². The molecule has 2 aliphatic rings. The zero-order valence-electron chi connectivity index (χ0n) is 15.1. The van der Waals surface area contributed by atoms with Gasteiger partial charge in [0.15, 0.2) is 0 Å². The van der Waals surface area contributed by atoms with Crippen LogP contribution in [-0.2, 0) is 25.5 Å². The molecule has 3 rings (SSSR count). The quantitative estimate of drug-likeness (QED) is 0.350. The molecule has 1 N–H and O–H groups in total. The number of nitrogens with zero attached hydrogens (tertiary/aromatic N) is 1. The Bertz CT molecular complexity index is 890. The Morgan fingerprint density at radius 3 is 2.69 bits per heavy atom. The number of halogens is 4. The molecule has 2 amide bonds. The van der Waals surface area contributed by atoms with Crippen molar-refractivity contribution in [1.82, 2.24) is 10.2 Å². The number of esters is 1. The molecule has 0 unspecified atom stereocenters. The average Bonchev–Trinajstić information content (AvgIpc) is 2.65. The van der Waals surface area contributed by atoms with Gasteiger partial charge in [-0.25, -0.2) is 4.79 Å². The SMILES string of the molecule is CC1=C(C(=O)OCC(Cl)(Cl)Cl)N2C(=O)[C@@H](NC(=O)Cc3ccccc3Br)[C@H]2SC1. The van der Waals surface area contributed by atoms with Crippen LogP contribution in [-0.4, -0.2) is 50.3 Å². The Labute approximate surface area is 195 Å². The second-order valence-corrected chi connectivity index (χ2v) is 11.0. The van der Waals surface area contributed by atoms with E-state index in [4.69, 9.17) is 39.5 Å². The fraction of sp³-hybridized carbons (Fsp3) is 0.389. The monoisotopic (exact) mass is 540 g/mol. The van der Waals surface area contributed by atoms with Crippen LogP contribution in [0, 0.1) is 0 Å². The minimum Gasteiger partial charge on any atom is -0.456 e. The topological polar surface area (TPSA) is 75.7 Å². The number of nitrogens with one attached hydrogen (secondary N) is 1. The first-order valence-electron chi connectivity index (χ1n) is 8.49. The number of hydrogen-bond acceptors (Lipinski definition) is 5. The molecule has 1 aromatic carbocycles. The highest BCUT2D eigenvalue weighted by Crippen LogP contribution is 2.40. The standard InChI is InChI=1S/C18H16BrCl3N2O4S/c1-9-7-29-16-13(23-12(25)6-10-4-2-3-5-11(10)19)15(26)24(16)14(9)17(27)28-8-18(20,21)22/h2-5,13,16H,6-8H2,1H3,(H,23,25)/t13-,16-/m1/s1. The number of thioether (sulfide) groups is 1. The van der Waals surface area contributed by atoms with Crippen molar-refractivity contribution in [3.8, 4) is 0 Å². The smallest absolute Gasteiger partial charge is 0.355 e. The van der Waals surface area contributed by atoms with Gasteiger partial charge in [0.1, 0.15) is 23.7 Å². The number of alkyl halides is 3. The van der Waals surface area contributed by atoms with E-state index in [1.165, 1.54) is 16.7 Å². The van der Waals surface area contributed by atoms with E-state index in [0.717, 1.165) is 10.0 Å². The number of carbonyl (C=O) groups is 3. The third kappa shape index (κ3) is 5.22. The normalized spacial score (nSPS) is 21.4. The molecule has 1 fully saturated rings. The van der Waals surface area contributed by atoms with Gasteiger partial charge in [0.25, 0.3) is 5.91 Å². The van der Waals surface area contributed by atoms with Crippen LogP contribution in [0.5, 0.6) is 0 Å². The van der Waals surface area contributed by atoms with Crippen molar-refractivity contribution in [2.24, 2.45) is 0 Å². The summed E-state index contributed by atoms with van der Waals surface area (Å²) >= 11 is 21.7. The van der Waals surface area contributed by atoms with Gasteiger partial charge in [-0.1, -0.05) is 68.9 Å². The highest BCUT2D eigenvalue weighted by Gasteiger charge is 2.54. The van der Waals surface area contributed by atoms with E-state index >= 15 is 0 Å². The summed E-state index contributed by atoms with van der Waals surface area (Å²) in [7, 11) is 0. The van der Waals surface area contributed by atoms with Gasteiger partial charge in [0.2, 0.25) is 9.70 Å². The van der Waals surface area contributed by atoms with Crippen molar-refractivity contribution in [3.05, 3.63) is 45.6 Å². The lowest BCUT2D eigenvalue weighted by atomic mass is 10.0. The van der Waals surface area contributed by atoms with Crippen LogP contribution in [0.15, 0.2) is 40.0 Å². The number of fused-ring (bicyclic) bond motifs is 1. The fourth-order valence-electron chi connectivity index (χ4n) is 3.02. The van der Waals surface area contributed by atoms with Crippen LogP contribution in [0.1, 0.15) is 12.5 Å². The van der Waals surface area contributed by atoms with Crippen LogP contribution in [0.2, 0.25) is 0 Å². The summed E-state index contributed by atoms with van der Waals surface area (Å²) < 4.78 is 4.12. The Hall–Kier alpha value is -0.930. The Morgan fingerprint density at radius 1 is 1.34 bits per heavy atom. The van der Waals surface area contributed by atoms with Crippen molar-refractivity contribution in [3.63, 3.8) is 0 Å². The van der Waals surface area contributed by atoms with E-state index in [9.17, 15) is 14.4 Å².